The van der Waals surface area contributed by atoms with E-state index >= 15 is 0 Å². The molecule has 1 N–H and O–H groups in total. The minimum atomic E-state index is -3.94. The van der Waals surface area contributed by atoms with E-state index in [2.05, 4.69) is 4.72 Å². The number of carbonyl (C=O) groups excluding carboxylic acids is 2. The fraction of sp³-hybridized carbons (Fsp3) is 0.500. The van der Waals surface area contributed by atoms with Gasteiger partial charge in [0.05, 0.1) is 17.5 Å². The summed E-state index contributed by atoms with van der Waals surface area (Å²) in [5, 5.41) is 0. The lowest BCUT2D eigenvalue weighted by molar-refractivity contribution is -0.134. The van der Waals surface area contributed by atoms with E-state index in [0.717, 1.165) is 24.3 Å². The first kappa shape index (κ1) is 20.1. The molecule has 8 nitrogen and oxygen atoms in total. The van der Waals surface area contributed by atoms with Crippen molar-refractivity contribution in [1.82, 2.24) is 14.5 Å². The molecule has 144 valence electrons. The molecule has 2 amide bonds. The number of piperazine rings is 1. The van der Waals surface area contributed by atoms with Crippen LogP contribution in [0.2, 0.25) is 0 Å². The zero-order chi connectivity index (χ0) is 19.3. The van der Waals surface area contributed by atoms with Gasteiger partial charge in [0.1, 0.15) is 5.82 Å². The number of carbonyl (C=O) groups is 2. The summed E-state index contributed by atoms with van der Waals surface area (Å²) in [4.78, 5) is 27.0. The van der Waals surface area contributed by atoms with Gasteiger partial charge in [-0.3, -0.25) is 4.79 Å². The largest absolute Gasteiger partial charge is 0.450 e. The zero-order valence-corrected chi connectivity index (χ0v) is 15.5. The van der Waals surface area contributed by atoms with Gasteiger partial charge in [0.25, 0.3) is 0 Å². The topological polar surface area (TPSA) is 96.0 Å². The Morgan fingerprint density at radius 2 is 1.69 bits per heavy atom. The normalized spacial score (nSPS) is 16.3. The molecule has 1 saturated heterocycles. The van der Waals surface area contributed by atoms with Crippen LogP contribution in [0.3, 0.4) is 0 Å². The van der Waals surface area contributed by atoms with E-state index in [1.807, 2.05) is 0 Å². The molecule has 1 aliphatic heterocycles. The van der Waals surface area contributed by atoms with Crippen molar-refractivity contribution < 1.29 is 27.1 Å². The molecule has 0 unspecified atom stereocenters. The third kappa shape index (κ3) is 4.92. The van der Waals surface area contributed by atoms with E-state index in [0.29, 0.717) is 26.2 Å². The maximum atomic E-state index is 12.9. The van der Waals surface area contributed by atoms with Crippen LogP contribution in [-0.4, -0.2) is 69.0 Å². The van der Waals surface area contributed by atoms with Crippen LogP contribution < -0.4 is 4.72 Å². The van der Waals surface area contributed by atoms with Crippen LogP contribution in [0.5, 0.6) is 0 Å². The van der Waals surface area contributed by atoms with Crippen molar-refractivity contribution in [2.45, 2.75) is 24.8 Å². The van der Waals surface area contributed by atoms with Crippen molar-refractivity contribution >= 4 is 22.0 Å². The average Bonchev–Trinajstić information content (AvgIpc) is 2.61. The van der Waals surface area contributed by atoms with Crippen molar-refractivity contribution in [1.29, 1.82) is 0 Å². The molecule has 2 rings (SSSR count). The van der Waals surface area contributed by atoms with E-state index in [-0.39, 0.29) is 17.4 Å². The second-order valence-electron chi connectivity index (χ2n) is 5.81. The maximum Gasteiger partial charge on any atom is 0.409 e. The summed E-state index contributed by atoms with van der Waals surface area (Å²) < 4.78 is 44.7. The highest BCUT2D eigenvalue weighted by atomic mass is 32.2. The molecule has 0 radical (unpaired) electrons. The molecule has 26 heavy (non-hydrogen) atoms. The number of ether oxygens (including phenoxy) is 1. The Kier molecular flexibility index (Phi) is 6.54. The monoisotopic (exact) mass is 387 g/mol. The molecule has 0 aliphatic carbocycles. The number of hydrogen-bond acceptors (Lipinski definition) is 5. The Labute approximate surface area is 152 Å². The second kappa shape index (κ2) is 8.45. The van der Waals surface area contributed by atoms with Gasteiger partial charge in [-0.15, -0.1) is 0 Å². The number of amides is 2. The lowest BCUT2D eigenvalue weighted by atomic mass is 10.2. The van der Waals surface area contributed by atoms with Gasteiger partial charge in [0.2, 0.25) is 15.9 Å². The summed E-state index contributed by atoms with van der Waals surface area (Å²) >= 11 is 0. The molecule has 1 atom stereocenters. The Morgan fingerprint density at radius 1 is 1.15 bits per heavy atom. The van der Waals surface area contributed by atoms with Gasteiger partial charge in [0, 0.05) is 26.2 Å². The molecule has 1 aromatic carbocycles. The molecular formula is C16H22FN3O5S. The highest BCUT2D eigenvalue weighted by Crippen LogP contribution is 2.12. The number of halogens is 1. The minimum Gasteiger partial charge on any atom is -0.450 e. The van der Waals surface area contributed by atoms with E-state index < -0.39 is 28.0 Å². The summed E-state index contributed by atoms with van der Waals surface area (Å²) in [5.41, 5.74) is 0. The third-order valence-corrected chi connectivity index (χ3v) is 5.50. The fourth-order valence-corrected chi connectivity index (χ4v) is 3.76. The zero-order valence-electron chi connectivity index (χ0n) is 14.6. The minimum absolute atomic E-state index is 0.120. The number of rotatable bonds is 5. The van der Waals surface area contributed by atoms with Crippen LogP contribution in [0.1, 0.15) is 13.8 Å². The van der Waals surface area contributed by atoms with Crippen LogP contribution in [0, 0.1) is 5.82 Å². The van der Waals surface area contributed by atoms with Crippen molar-refractivity contribution in [2.24, 2.45) is 0 Å². The first-order valence-corrected chi connectivity index (χ1v) is 9.71. The molecule has 1 heterocycles. The number of hydrogen-bond donors (Lipinski definition) is 1. The SMILES string of the molecule is CCOC(=O)N1CCN(C(=O)[C@H](C)NS(=O)(=O)c2ccc(F)cc2)CC1. The van der Waals surface area contributed by atoms with Crippen LogP contribution in [0.15, 0.2) is 29.2 Å². The highest BCUT2D eigenvalue weighted by molar-refractivity contribution is 7.89. The lowest BCUT2D eigenvalue weighted by Crippen LogP contribution is -2.55. The molecule has 0 bridgehead atoms. The van der Waals surface area contributed by atoms with Crippen molar-refractivity contribution in [2.75, 3.05) is 32.8 Å². The molecule has 0 saturated carbocycles. The molecule has 1 fully saturated rings. The summed E-state index contributed by atoms with van der Waals surface area (Å²) in [5.74, 6) is -0.938. The summed E-state index contributed by atoms with van der Waals surface area (Å²) in [6, 6.07) is 3.35. The van der Waals surface area contributed by atoms with Crippen molar-refractivity contribution in [3.05, 3.63) is 30.1 Å². The van der Waals surface area contributed by atoms with E-state index in [1.165, 1.54) is 16.7 Å². The van der Waals surface area contributed by atoms with Crippen molar-refractivity contribution in [3.8, 4) is 0 Å². The van der Waals surface area contributed by atoms with Gasteiger partial charge in [-0.05, 0) is 38.1 Å². The third-order valence-electron chi connectivity index (χ3n) is 3.94. The second-order valence-corrected chi connectivity index (χ2v) is 7.52. The van der Waals surface area contributed by atoms with E-state index in [9.17, 15) is 22.4 Å². The lowest BCUT2D eigenvalue weighted by Gasteiger charge is -2.35. The predicted molar refractivity (Wildman–Crippen MR) is 91.4 cm³/mol. The van der Waals surface area contributed by atoms with Gasteiger partial charge in [-0.25, -0.2) is 17.6 Å². The van der Waals surface area contributed by atoms with Crippen LogP contribution in [-0.2, 0) is 19.6 Å². The molecule has 10 heteroatoms. The Bertz CT molecular complexity index is 746. The summed E-state index contributed by atoms with van der Waals surface area (Å²) in [7, 11) is -3.94. The molecule has 0 aromatic heterocycles. The van der Waals surface area contributed by atoms with Gasteiger partial charge >= 0.3 is 6.09 Å². The number of nitrogens with zero attached hydrogens (tertiary/aromatic N) is 2. The Balaban J connectivity index is 1.93. The number of nitrogens with one attached hydrogen (secondary N) is 1. The highest BCUT2D eigenvalue weighted by Gasteiger charge is 2.29. The van der Waals surface area contributed by atoms with Gasteiger partial charge in [-0.2, -0.15) is 4.72 Å². The van der Waals surface area contributed by atoms with E-state index in [1.54, 1.807) is 6.92 Å². The van der Waals surface area contributed by atoms with Gasteiger partial charge < -0.3 is 14.5 Å². The molecular weight excluding hydrogens is 365 g/mol. The van der Waals surface area contributed by atoms with Crippen LogP contribution >= 0.6 is 0 Å². The number of sulfonamides is 1. The average molecular weight is 387 g/mol. The quantitative estimate of drug-likeness (QED) is 0.806. The standard InChI is InChI=1S/C16H22FN3O5S/c1-3-25-16(22)20-10-8-19(9-11-20)15(21)12(2)18-26(23,24)14-6-4-13(17)5-7-14/h4-7,12,18H,3,8-11H2,1-2H3/t12-/m0/s1. The van der Waals surface area contributed by atoms with Crippen molar-refractivity contribution in [3.63, 3.8) is 0 Å². The summed E-state index contributed by atoms with van der Waals surface area (Å²) in [6.45, 7) is 4.67. The predicted octanol–water partition coefficient (Wildman–Crippen LogP) is 0.793. The first-order chi connectivity index (χ1) is 12.2. The fourth-order valence-electron chi connectivity index (χ4n) is 2.56. The van der Waals surface area contributed by atoms with Crippen LogP contribution in [0.25, 0.3) is 0 Å². The molecule has 0 spiro atoms. The van der Waals surface area contributed by atoms with E-state index in [4.69, 9.17) is 4.74 Å². The molecule has 1 aliphatic rings. The Morgan fingerprint density at radius 3 is 2.23 bits per heavy atom. The Hall–Kier alpha value is -2.20. The maximum absolute atomic E-state index is 12.9. The van der Waals surface area contributed by atoms with Gasteiger partial charge in [0.15, 0.2) is 0 Å². The summed E-state index contributed by atoms with van der Waals surface area (Å²) in [6.07, 6.45) is -0.426. The van der Waals surface area contributed by atoms with Crippen LogP contribution in [0.4, 0.5) is 9.18 Å². The van der Waals surface area contributed by atoms with Gasteiger partial charge in [-0.1, -0.05) is 0 Å². The smallest absolute Gasteiger partial charge is 0.409 e. The first-order valence-electron chi connectivity index (χ1n) is 8.23. The number of benzene rings is 1. The molecule has 1 aromatic rings.